The Morgan fingerprint density at radius 1 is 1.16 bits per heavy atom. The number of benzene rings is 2. The van der Waals surface area contributed by atoms with Crippen molar-refractivity contribution in [3.8, 4) is 11.5 Å². The third-order valence-electron chi connectivity index (χ3n) is 3.12. The van der Waals surface area contributed by atoms with Gasteiger partial charge >= 0.3 is 0 Å². The van der Waals surface area contributed by atoms with Gasteiger partial charge in [-0.15, -0.1) is 0 Å². The van der Waals surface area contributed by atoms with E-state index in [0.717, 1.165) is 11.1 Å². The molecular weight excluding hydrogens is 309 g/mol. The molecule has 0 saturated heterocycles. The first-order chi connectivity index (χ1) is 9.04. The predicted octanol–water partition coefficient (Wildman–Crippen LogP) is 4.46. The Bertz CT molecular complexity index is 613. The van der Waals surface area contributed by atoms with Crippen molar-refractivity contribution in [2.24, 2.45) is 5.73 Å². The maximum absolute atomic E-state index is 14.1. The Morgan fingerprint density at radius 3 is 2.58 bits per heavy atom. The summed E-state index contributed by atoms with van der Waals surface area (Å²) in [7, 11) is 0. The van der Waals surface area contributed by atoms with E-state index in [-0.39, 0.29) is 12.3 Å². The number of rotatable bonds is 3. The van der Waals surface area contributed by atoms with Gasteiger partial charge in [-0.25, -0.2) is 4.39 Å². The Balaban J connectivity index is 2.39. The number of hydrogen-bond acceptors (Lipinski definition) is 2. The number of aryl methyl sites for hydroxylation is 1. The molecule has 2 nitrogen and oxygen atoms in total. The summed E-state index contributed by atoms with van der Waals surface area (Å²) in [5, 5.41) is 0. The number of halogens is 2. The van der Waals surface area contributed by atoms with E-state index in [1.807, 2.05) is 32.0 Å². The summed E-state index contributed by atoms with van der Waals surface area (Å²) in [5.74, 6) is 0.424. The Kier molecular flexibility index (Phi) is 4.22. The molecule has 0 aliphatic rings. The molecule has 0 aliphatic heterocycles. The van der Waals surface area contributed by atoms with E-state index >= 15 is 0 Å². The van der Waals surface area contributed by atoms with Gasteiger partial charge in [0.05, 0.1) is 4.47 Å². The van der Waals surface area contributed by atoms with E-state index < -0.39 is 5.82 Å². The average molecular weight is 324 g/mol. The van der Waals surface area contributed by atoms with Crippen LogP contribution in [0.2, 0.25) is 0 Å². The largest absolute Gasteiger partial charge is 0.454 e. The van der Waals surface area contributed by atoms with Crippen LogP contribution in [0.5, 0.6) is 11.5 Å². The standard InChI is InChI=1S/C15H15BrFNO/c1-9-4-3-5-12(10(9)2)19-13-7-6-11(8-18)14(16)15(13)17/h3-7H,8,18H2,1-2H3. The van der Waals surface area contributed by atoms with Crippen LogP contribution in [-0.4, -0.2) is 0 Å². The minimum Gasteiger partial charge on any atom is -0.454 e. The second-order valence-electron chi connectivity index (χ2n) is 4.36. The molecule has 0 atom stereocenters. The van der Waals surface area contributed by atoms with E-state index in [9.17, 15) is 4.39 Å². The smallest absolute Gasteiger partial charge is 0.180 e. The van der Waals surface area contributed by atoms with Gasteiger partial charge in [-0.3, -0.25) is 0 Å². The molecule has 0 bridgehead atoms. The van der Waals surface area contributed by atoms with Gasteiger partial charge in [0.1, 0.15) is 5.75 Å². The summed E-state index contributed by atoms with van der Waals surface area (Å²) >= 11 is 3.20. The Morgan fingerprint density at radius 2 is 1.89 bits per heavy atom. The fourth-order valence-corrected chi connectivity index (χ4v) is 2.25. The topological polar surface area (TPSA) is 35.2 Å². The van der Waals surface area contributed by atoms with Crippen LogP contribution < -0.4 is 10.5 Å². The molecule has 0 aliphatic carbocycles. The fraction of sp³-hybridized carbons (Fsp3) is 0.200. The molecular formula is C15H15BrFNO. The van der Waals surface area contributed by atoms with E-state index in [4.69, 9.17) is 10.5 Å². The molecule has 0 unspecified atom stereocenters. The van der Waals surface area contributed by atoms with E-state index in [2.05, 4.69) is 15.9 Å². The van der Waals surface area contributed by atoms with E-state index in [1.165, 1.54) is 0 Å². The van der Waals surface area contributed by atoms with Crippen LogP contribution in [0.4, 0.5) is 4.39 Å². The van der Waals surface area contributed by atoms with Crippen molar-refractivity contribution in [2.75, 3.05) is 0 Å². The fourth-order valence-electron chi connectivity index (χ4n) is 1.76. The molecule has 0 amide bonds. The maximum atomic E-state index is 14.1. The summed E-state index contributed by atoms with van der Waals surface area (Å²) in [6.07, 6.45) is 0. The van der Waals surface area contributed by atoms with Crippen molar-refractivity contribution in [1.29, 1.82) is 0 Å². The van der Waals surface area contributed by atoms with Gasteiger partial charge in [0, 0.05) is 6.54 Å². The predicted molar refractivity (Wildman–Crippen MR) is 78.0 cm³/mol. The second-order valence-corrected chi connectivity index (χ2v) is 5.15. The van der Waals surface area contributed by atoms with E-state index in [0.29, 0.717) is 15.8 Å². The first kappa shape index (κ1) is 14.0. The van der Waals surface area contributed by atoms with Crippen LogP contribution in [0.1, 0.15) is 16.7 Å². The van der Waals surface area contributed by atoms with Crippen molar-refractivity contribution in [3.05, 3.63) is 57.3 Å². The van der Waals surface area contributed by atoms with Gasteiger partial charge < -0.3 is 10.5 Å². The van der Waals surface area contributed by atoms with Crippen LogP contribution in [0.25, 0.3) is 0 Å². The summed E-state index contributed by atoms with van der Waals surface area (Å²) in [5.41, 5.74) is 8.35. The SMILES string of the molecule is Cc1cccc(Oc2ccc(CN)c(Br)c2F)c1C. The maximum Gasteiger partial charge on any atom is 0.180 e. The summed E-state index contributed by atoms with van der Waals surface area (Å²) in [6.45, 7) is 4.22. The van der Waals surface area contributed by atoms with Gasteiger partial charge in [0.2, 0.25) is 0 Å². The van der Waals surface area contributed by atoms with Crippen LogP contribution >= 0.6 is 15.9 Å². The van der Waals surface area contributed by atoms with E-state index in [1.54, 1.807) is 12.1 Å². The highest BCUT2D eigenvalue weighted by Gasteiger charge is 2.13. The molecule has 4 heteroatoms. The van der Waals surface area contributed by atoms with Gasteiger partial charge in [0.15, 0.2) is 11.6 Å². The zero-order valence-electron chi connectivity index (χ0n) is 10.8. The summed E-state index contributed by atoms with van der Waals surface area (Å²) in [6, 6.07) is 9.06. The molecule has 2 rings (SSSR count). The molecule has 0 aromatic heterocycles. The highest BCUT2D eigenvalue weighted by atomic mass is 79.9. The van der Waals surface area contributed by atoms with Crippen molar-refractivity contribution in [2.45, 2.75) is 20.4 Å². The molecule has 2 aromatic rings. The first-order valence-corrected chi connectivity index (χ1v) is 6.75. The van der Waals surface area contributed by atoms with Gasteiger partial charge in [-0.1, -0.05) is 18.2 Å². The third kappa shape index (κ3) is 2.80. The first-order valence-electron chi connectivity index (χ1n) is 5.95. The Labute approximate surface area is 120 Å². The normalized spacial score (nSPS) is 10.6. The van der Waals surface area contributed by atoms with Crippen LogP contribution in [-0.2, 0) is 6.54 Å². The van der Waals surface area contributed by atoms with Gasteiger partial charge in [-0.05, 0) is 58.6 Å². The minimum absolute atomic E-state index is 0.192. The quantitative estimate of drug-likeness (QED) is 0.905. The number of nitrogens with two attached hydrogens (primary N) is 1. The van der Waals surface area contributed by atoms with Crippen molar-refractivity contribution >= 4 is 15.9 Å². The molecule has 0 fully saturated rings. The number of ether oxygens (including phenoxy) is 1. The molecule has 0 radical (unpaired) electrons. The molecule has 0 spiro atoms. The number of hydrogen-bond donors (Lipinski definition) is 1. The van der Waals surface area contributed by atoms with Crippen LogP contribution in [0.3, 0.4) is 0 Å². The highest BCUT2D eigenvalue weighted by Crippen LogP contribution is 2.33. The minimum atomic E-state index is -0.427. The lowest BCUT2D eigenvalue weighted by atomic mass is 10.1. The lowest BCUT2D eigenvalue weighted by molar-refractivity contribution is 0.436. The van der Waals surface area contributed by atoms with Gasteiger partial charge in [0.25, 0.3) is 0 Å². The summed E-state index contributed by atoms with van der Waals surface area (Å²) in [4.78, 5) is 0. The van der Waals surface area contributed by atoms with Crippen molar-refractivity contribution in [1.82, 2.24) is 0 Å². The molecule has 0 saturated carbocycles. The monoisotopic (exact) mass is 323 g/mol. The molecule has 0 heterocycles. The van der Waals surface area contributed by atoms with Crippen molar-refractivity contribution in [3.63, 3.8) is 0 Å². The molecule has 19 heavy (non-hydrogen) atoms. The molecule has 2 N–H and O–H groups in total. The molecule has 100 valence electrons. The Hall–Kier alpha value is -1.39. The molecule has 2 aromatic carbocycles. The average Bonchev–Trinajstić information content (AvgIpc) is 2.40. The van der Waals surface area contributed by atoms with Crippen LogP contribution in [0.15, 0.2) is 34.8 Å². The van der Waals surface area contributed by atoms with Gasteiger partial charge in [-0.2, -0.15) is 0 Å². The second kappa shape index (κ2) is 5.72. The zero-order valence-corrected chi connectivity index (χ0v) is 12.4. The summed E-state index contributed by atoms with van der Waals surface area (Å²) < 4.78 is 20.2. The third-order valence-corrected chi connectivity index (χ3v) is 3.98. The highest BCUT2D eigenvalue weighted by molar-refractivity contribution is 9.10. The van der Waals surface area contributed by atoms with Crippen LogP contribution in [0, 0.1) is 19.7 Å². The van der Waals surface area contributed by atoms with Crippen molar-refractivity contribution < 1.29 is 9.13 Å². The lowest BCUT2D eigenvalue weighted by Crippen LogP contribution is -2.00. The zero-order chi connectivity index (χ0) is 14.0. The lowest BCUT2D eigenvalue weighted by Gasteiger charge is -2.13.